The van der Waals surface area contributed by atoms with E-state index < -0.39 is 22.8 Å². The maximum atomic E-state index is 13.0. The first-order valence-electron chi connectivity index (χ1n) is 10.2. The zero-order valence-corrected chi connectivity index (χ0v) is 19.2. The van der Waals surface area contributed by atoms with Gasteiger partial charge in [0.2, 0.25) is 0 Å². The van der Waals surface area contributed by atoms with E-state index in [1.807, 2.05) is 6.07 Å². The number of nitrogens with zero attached hydrogens (tertiary/aromatic N) is 4. The quantitative estimate of drug-likeness (QED) is 0.319. The number of hydrogen-bond acceptors (Lipinski definition) is 5. The normalized spacial score (nSPS) is 11.0. The van der Waals surface area contributed by atoms with Crippen LogP contribution in [-0.4, -0.2) is 20.8 Å². The number of alkyl halides is 3. The van der Waals surface area contributed by atoms with Crippen LogP contribution in [0.5, 0.6) is 11.5 Å². The van der Waals surface area contributed by atoms with E-state index in [4.69, 9.17) is 16.3 Å². The van der Waals surface area contributed by atoms with E-state index in [-0.39, 0.29) is 16.9 Å². The molecule has 0 aliphatic rings. The molecule has 4 aromatic rings. The number of anilines is 2. The summed E-state index contributed by atoms with van der Waals surface area (Å²) in [6.45, 7) is 0. The standard InChI is InChI=1S/C24H16ClF3N6O2/c1-34-13-15(12-31-34)22-10-18(6-7-30-22)36-17-3-5-21(14(8-17)11-29)33-23(35)32-16-2-4-20(25)19(9-16)24(26,27)28/h2-10,12-13H,1H3,(H2,32,33,35). The number of benzene rings is 2. The number of aryl methyl sites for hydroxylation is 1. The Morgan fingerprint density at radius 3 is 2.58 bits per heavy atom. The van der Waals surface area contributed by atoms with E-state index in [1.165, 1.54) is 24.3 Å². The SMILES string of the molecule is Cn1cc(-c2cc(Oc3ccc(NC(=O)Nc4ccc(Cl)c(C(F)(F)F)c4)c(C#N)c3)ccn2)cn1. The van der Waals surface area contributed by atoms with Crippen LogP contribution in [0.15, 0.2) is 67.1 Å². The van der Waals surface area contributed by atoms with E-state index >= 15 is 0 Å². The number of ether oxygens (including phenoxy) is 1. The molecule has 0 fully saturated rings. The lowest BCUT2D eigenvalue weighted by atomic mass is 10.2. The van der Waals surface area contributed by atoms with E-state index in [9.17, 15) is 23.2 Å². The molecule has 0 bridgehead atoms. The van der Waals surface area contributed by atoms with Crippen molar-refractivity contribution < 1.29 is 22.7 Å². The Bertz CT molecular complexity index is 1480. The second kappa shape index (κ2) is 9.97. The molecular weight excluding hydrogens is 497 g/mol. The lowest BCUT2D eigenvalue weighted by molar-refractivity contribution is -0.137. The number of amides is 2. The highest BCUT2D eigenvalue weighted by molar-refractivity contribution is 6.31. The van der Waals surface area contributed by atoms with Crippen molar-refractivity contribution in [2.24, 2.45) is 7.05 Å². The van der Waals surface area contributed by atoms with Crippen molar-refractivity contribution in [3.05, 3.63) is 83.3 Å². The molecule has 0 saturated carbocycles. The topological polar surface area (TPSA) is 105 Å². The maximum Gasteiger partial charge on any atom is 0.417 e. The number of urea groups is 1. The van der Waals surface area contributed by atoms with Gasteiger partial charge in [-0.05, 0) is 36.4 Å². The molecule has 0 unspecified atom stereocenters. The Morgan fingerprint density at radius 1 is 1.11 bits per heavy atom. The number of carbonyl (C=O) groups is 1. The number of rotatable bonds is 5. The molecule has 2 aromatic heterocycles. The van der Waals surface area contributed by atoms with Crippen molar-refractivity contribution in [1.82, 2.24) is 14.8 Å². The first-order valence-corrected chi connectivity index (χ1v) is 10.6. The first-order chi connectivity index (χ1) is 17.1. The third-order valence-electron chi connectivity index (χ3n) is 4.86. The molecule has 182 valence electrons. The van der Waals surface area contributed by atoms with Crippen LogP contribution in [0, 0.1) is 11.3 Å². The van der Waals surface area contributed by atoms with Gasteiger partial charge in [-0.1, -0.05) is 11.6 Å². The molecule has 0 aliphatic heterocycles. The molecule has 4 rings (SSSR count). The smallest absolute Gasteiger partial charge is 0.417 e. The summed E-state index contributed by atoms with van der Waals surface area (Å²) in [7, 11) is 1.79. The second-order valence-corrected chi connectivity index (χ2v) is 7.88. The zero-order chi connectivity index (χ0) is 25.9. The van der Waals surface area contributed by atoms with E-state index in [0.717, 1.165) is 17.7 Å². The highest BCUT2D eigenvalue weighted by Gasteiger charge is 2.33. The summed E-state index contributed by atoms with van der Waals surface area (Å²) in [6, 6.07) is 11.9. The summed E-state index contributed by atoms with van der Waals surface area (Å²) in [5.41, 5.74) is 0.462. The van der Waals surface area contributed by atoms with Gasteiger partial charge in [-0.15, -0.1) is 0 Å². The van der Waals surface area contributed by atoms with Gasteiger partial charge >= 0.3 is 12.2 Å². The van der Waals surface area contributed by atoms with Crippen LogP contribution >= 0.6 is 11.6 Å². The summed E-state index contributed by atoms with van der Waals surface area (Å²) in [5, 5.41) is 17.9. The van der Waals surface area contributed by atoms with Crippen LogP contribution in [-0.2, 0) is 13.2 Å². The first kappa shape index (κ1) is 24.6. The Morgan fingerprint density at radius 2 is 1.89 bits per heavy atom. The number of pyridine rings is 1. The highest BCUT2D eigenvalue weighted by atomic mass is 35.5. The van der Waals surface area contributed by atoms with Crippen molar-refractivity contribution in [3.8, 4) is 28.8 Å². The maximum absolute atomic E-state index is 13.0. The van der Waals surface area contributed by atoms with Crippen molar-refractivity contribution in [2.75, 3.05) is 10.6 Å². The van der Waals surface area contributed by atoms with Crippen LogP contribution < -0.4 is 15.4 Å². The van der Waals surface area contributed by atoms with Gasteiger partial charge in [0.1, 0.15) is 17.6 Å². The molecule has 0 aliphatic carbocycles. The molecule has 8 nitrogen and oxygen atoms in total. The van der Waals surface area contributed by atoms with E-state index in [1.54, 1.807) is 42.5 Å². The Hall–Kier alpha value is -4.56. The molecule has 0 spiro atoms. The van der Waals surface area contributed by atoms with Crippen LogP contribution in [0.2, 0.25) is 5.02 Å². The molecule has 36 heavy (non-hydrogen) atoms. The predicted octanol–water partition coefficient (Wildman–Crippen LogP) is 6.46. The monoisotopic (exact) mass is 512 g/mol. The van der Waals surface area contributed by atoms with Crippen LogP contribution in [0.4, 0.5) is 29.3 Å². The van der Waals surface area contributed by atoms with Crippen molar-refractivity contribution in [3.63, 3.8) is 0 Å². The van der Waals surface area contributed by atoms with Crippen LogP contribution in [0.25, 0.3) is 11.3 Å². The van der Waals surface area contributed by atoms with Crippen LogP contribution in [0.1, 0.15) is 11.1 Å². The fourth-order valence-corrected chi connectivity index (χ4v) is 3.44. The fourth-order valence-electron chi connectivity index (χ4n) is 3.22. The fraction of sp³-hybridized carbons (Fsp3) is 0.0833. The van der Waals surface area contributed by atoms with E-state index in [0.29, 0.717) is 17.2 Å². The Labute approximate surface area is 207 Å². The number of carbonyl (C=O) groups excluding carboxylic acids is 1. The lowest BCUT2D eigenvalue weighted by Gasteiger charge is -2.13. The summed E-state index contributed by atoms with van der Waals surface area (Å²) in [4.78, 5) is 16.6. The molecule has 0 atom stereocenters. The van der Waals surface area contributed by atoms with Crippen molar-refractivity contribution >= 4 is 29.0 Å². The summed E-state index contributed by atoms with van der Waals surface area (Å²) < 4.78 is 46.6. The predicted molar refractivity (Wildman–Crippen MR) is 127 cm³/mol. The minimum absolute atomic E-state index is 0.0799. The number of halogens is 4. The number of nitriles is 1. The average Bonchev–Trinajstić information content (AvgIpc) is 3.27. The minimum Gasteiger partial charge on any atom is -0.457 e. The zero-order valence-electron chi connectivity index (χ0n) is 18.5. The molecule has 12 heteroatoms. The minimum atomic E-state index is -4.68. The van der Waals surface area contributed by atoms with Gasteiger partial charge in [0, 0.05) is 42.8 Å². The van der Waals surface area contributed by atoms with Gasteiger partial charge in [-0.3, -0.25) is 9.67 Å². The van der Waals surface area contributed by atoms with Gasteiger partial charge in [0.25, 0.3) is 0 Å². The van der Waals surface area contributed by atoms with Gasteiger partial charge in [0.05, 0.1) is 33.7 Å². The number of aromatic nitrogens is 3. The highest BCUT2D eigenvalue weighted by Crippen LogP contribution is 2.36. The van der Waals surface area contributed by atoms with Gasteiger partial charge in [0.15, 0.2) is 0 Å². The second-order valence-electron chi connectivity index (χ2n) is 7.47. The summed E-state index contributed by atoms with van der Waals surface area (Å²) in [5.74, 6) is 0.794. The summed E-state index contributed by atoms with van der Waals surface area (Å²) >= 11 is 5.60. The number of hydrogen-bond donors (Lipinski definition) is 2. The molecule has 2 aromatic carbocycles. The van der Waals surface area contributed by atoms with Crippen molar-refractivity contribution in [2.45, 2.75) is 6.18 Å². The van der Waals surface area contributed by atoms with Crippen LogP contribution in [0.3, 0.4) is 0 Å². The Kier molecular flexibility index (Phi) is 6.80. The average molecular weight is 513 g/mol. The Balaban J connectivity index is 1.47. The molecule has 2 heterocycles. The van der Waals surface area contributed by atoms with Gasteiger partial charge in [-0.25, -0.2) is 4.79 Å². The third-order valence-corrected chi connectivity index (χ3v) is 5.19. The lowest BCUT2D eigenvalue weighted by Crippen LogP contribution is -2.20. The number of nitrogens with one attached hydrogen (secondary N) is 2. The molecule has 2 amide bonds. The molecule has 0 saturated heterocycles. The third kappa shape index (κ3) is 5.73. The molecular formula is C24H16ClF3N6O2. The largest absolute Gasteiger partial charge is 0.457 e. The van der Waals surface area contributed by atoms with E-state index in [2.05, 4.69) is 20.7 Å². The van der Waals surface area contributed by atoms with Crippen molar-refractivity contribution in [1.29, 1.82) is 5.26 Å². The molecule has 2 N–H and O–H groups in total. The van der Waals surface area contributed by atoms with Gasteiger partial charge in [-0.2, -0.15) is 23.5 Å². The summed E-state index contributed by atoms with van der Waals surface area (Å²) in [6.07, 6.45) is 0.367. The molecule has 0 radical (unpaired) electrons. The van der Waals surface area contributed by atoms with Gasteiger partial charge < -0.3 is 15.4 Å².